The van der Waals surface area contributed by atoms with Crippen molar-refractivity contribution in [3.8, 4) is 10.6 Å². The summed E-state index contributed by atoms with van der Waals surface area (Å²) < 4.78 is 0. The molecule has 1 aromatic carbocycles. The normalized spacial score (nSPS) is 11.9. The molecule has 0 fully saturated rings. The molecule has 3 N–H and O–H groups in total. The average molecular weight is 309 g/mol. The van der Waals surface area contributed by atoms with Gasteiger partial charge in [-0.15, -0.1) is 11.3 Å². The number of nitrogens with two attached hydrogens (primary N) is 1. The predicted octanol–water partition coefficient (Wildman–Crippen LogP) is 3.28. The molecule has 0 saturated carbocycles. The van der Waals surface area contributed by atoms with Crippen molar-refractivity contribution in [2.75, 3.05) is 0 Å². The molecule has 1 aromatic heterocycles. The van der Waals surface area contributed by atoms with E-state index in [1.165, 1.54) is 0 Å². The van der Waals surface area contributed by atoms with Crippen LogP contribution in [0, 0.1) is 0 Å². The second-order valence-corrected chi connectivity index (χ2v) is 6.19. The number of nitrogens with zero attached hydrogens (tertiary/aromatic N) is 2. The number of nitrogens with one attached hydrogen (secondary N) is 1. The minimum absolute atomic E-state index is 0.282. The van der Waals surface area contributed by atoms with Crippen LogP contribution in [0.1, 0.15) is 18.7 Å². The van der Waals surface area contributed by atoms with Crippen molar-refractivity contribution >= 4 is 28.9 Å². The van der Waals surface area contributed by atoms with Crippen molar-refractivity contribution in [1.82, 2.24) is 10.3 Å². The molecule has 0 radical (unpaired) electrons. The van der Waals surface area contributed by atoms with E-state index in [-0.39, 0.29) is 6.04 Å². The maximum atomic E-state index is 5.87. The van der Waals surface area contributed by atoms with Crippen LogP contribution >= 0.6 is 22.9 Å². The number of aromatic nitrogens is 1. The van der Waals surface area contributed by atoms with Gasteiger partial charge in [0.1, 0.15) is 5.01 Å². The predicted molar refractivity (Wildman–Crippen MR) is 86.2 cm³/mol. The molecule has 0 spiro atoms. The van der Waals surface area contributed by atoms with Crippen LogP contribution in [-0.2, 0) is 6.54 Å². The van der Waals surface area contributed by atoms with Gasteiger partial charge in [-0.3, -0.25) is 0 Å². The Morgan fingerprint density at radius 1 is 1.40 bits per heavy atom. The molecule has 0 aliphatic heterocycles. The first-order valence-corrected chi connectivity index (χ1v) is 7.51. The second kappa shape index (κ2) is 6.72. The van der Waals surface area contributed by atoms with Crippen molar-refractivity contribution in [2.45, 2.75) is 26.4 Å². The van der Waals surface area contributed by atoms with Crippen LogP contribution in [0.25, 0.3) is 10.6 Å². The number of benzene rings is 1. The maximum absolute atomic E-state index is 5.87. The highest BCUT2D eigenvalue weighted by molar-refractivity contribution is 7.15. The summed E-state index contributed by atoms with van der Waals surface area (Å²) >= 11 is 7.48. The molecule has 106 valence electrons. The topological polar surface area (TPSA) is 63.3 Å². The molecular weight excluding hydrogens is 292 g/mol. The number of hydrogen-bond donors (Lipinski definition) is 2. The van der Waals surface area contributed by atoms with Gasteiger partial charge in [0.25, 0.3) is 0 Å². The Morgan fingerprint density at radius 2 is 2.10 bits per heavy atom. The number of aliphatic imine (C=N–C) groups is 1. The van der Waals surface area contributed by atoms with Gasteiger partial charge in [-0.2, -0.15) is 0 Å². The standard InChI is InChI=1S/C14H17ClN4S/c1-9(2)19-14(16)18-8-12-7-17-13(20-12)10-3-5-11(15)6-4-10/h3-7,9H,8H2,1-2H3,(H3,16,18,19). The lowest BCUT2D eigenvalue weighted by Gasteiger charge is -2.07. The summed E-state index contributed by atoms with van der Waals surface area (Å²) in [5, 5.41) is 4.74. The lowest BCUT2D eigenvalue weighted by atomic mass is 10.2. The zero-order valence-electron chi connectivity index (χ0n) is 11.4. The number of hydrogen-bond acceptors (Lipinski definition) is 3. The van der Waals surface area contributed by atoms with E-state index in [4.69, 9.17) is 17.3 Å². The molecule has 0 amide bonds. The lowest BCUT2D eigenvalue weighted by Crippen LogP contribution is -2.36. The molecule has 2 aromatic rings. The number of thiazole rings is 1. The van der Waals surface area contributed by atoms with Gasteiger partial charge in [-0.25, -0.2) is 9.98 Å². The number of halogens is 1. The number of rotatable bonds is 4. The summed E-state index contributed by atoms with van der Waals surface area (Å²) in [6.45, 7) is 4.58. The zero-order chi connectivity index (χ0) is 14.5. The second-order valence-electron chi connectivity index (χ2n) is 4.64. The van der Waals surface area contributed by atoms with Gasteiger partial charge >= 0.3 is 0 Å². The highest BCUT2D eigenvalue weighted by Crippen LogP contribution is 2.26. The van der Waals surface area contributed by atoms with Crippen LogP contribution in [-0.4, -0.2) is 17.0 Å². The van der Waals surface area contributed by atoms with Gasteiger partial charge in [0.05, 0.1) is 6.54 Å². The molecule has 0 atom stereocenters. The SMILES string of the molecule is CC(C)NC(N)=NCc1cnc(-c2ccc(Cl)cc2)s1. The average Bonchev–Trinajstić information content (AvgIpc) is 2.85. The summed E-state index contributed by atoms with van der Waals surface area (Å²) in [6, 6.07) is 7.93. The summed E-state index contributed by atoms with van der Waals surface area (Å²) in [7, 11) is 0. The summed E-state index contributed by atoms with van der Waals surface area (Å²) in [4.78, 5) is 9.76. The quantitative estimate of drug-likeness (QED) is 0.673. The lowest BCUT2D eigenvalue weighted by molar-refractivity contribution is 0.724. The molecular formula is C14H17ClN4S. The van der Waals surface area contributed by atoms with Gasteiger partial charge in [-0.1, -0.05) is 23.7 Å². The van der Waals surface area contributed by atoms with Crippen LogP contribution in [0.2, 0.25) is 5.02 Å². The van der Waals surface area contributed by atoms with Gasteiger partial charge in [0.15, 0.2) is 5.96 Å². The monoisotopic (exact) mass is 308 g/mol. The van der Waals surface area contributed by atoms with Gasteiger partial charge < -0.3 is 11.1 Å². The first-order chi connectivity index (χ1) is 9.54. The van der Waals surface area contributed by atoms with Crippen molar-refractivity contribution in [3.63, 3.8) is 0 Å². The van der Waals surface area contributed by atoms with E-state index in [9.17, 15) is 0 Å². The fraction of sp³-hybridized carbons (Fsp3) is 0.286. The summed E-state index contributed by atoms with van der Waals surface area (Å²) in [6.07, 6.45) is 1.83. The molecule has 4 nitrogen and oxygen atoms in total. The van der Waals surface area contributed by atoms with E-state index in [0.717, 1.165) is 20.5 Å². The molecule has 0 aliphatic carbocycles. The van der Waals surface area contributed by atoms with Crippen molar-refractivity contribution in [2.24, 2.45) is 10.7 Å². The highest BCUT2D eigenvalue weighted by Gasteiger charge is 2.04. The van der Waals surface area contributed by atoms with Gasteiger partial charge in [0.2, 0.25) is 0 Å². The first kappa shape index (κ1) is 14.8. The minimum atomic E-state index is 0.282. The van der Waals surface area contributed by atoms with Crippen LogP contribution in [0.4, 0.5) is 0 Å². The Morgan fingerprint density at radius 3 is 2.75 bits per heavy atom. The Balaban J connectivity index is 2.04. The minimum Gasteiger partial charge on any atom is -0.370 e. The Kier molecular flexibility index (Phi) is 4.98. The smallest absolute Gasteiger partial charge is 0.189 e. The molecule has 0 aliphatic rings. The van der Waals surface area contributed by atoms with Crippen LogP contribution in [0.5, 0.6) is 0 Å². The third kappa shape index (κ3) is 4.21. The summed E-state index contributed by atoms with van der Waals surface area (Å²) in [5.41, 5.74) is 6.82. The van der Waals surface area contributed by atoms with E-state index < -0.39 is 0 Å². The Labute approximate surface area is 127 Å². The number of guanidine groups is 1. The largest absolute Gasteiger partial charge is 0.370 e. The van der Waals surface area contributed by atoms with Crippen molar-refractivity contribution < 1.29 is 0 Å². The molecule has 2 rings (SSSR count). The molecule has 0 saturated heterocycles. The van der Waals surface area contributed by atoms with E-state index in [2.05, 4.69) is 15.3 Å². The fourth-order valence-corrected chi connectivity index (χ4v) is 2.58. The molecule has 20 heavy (non-hydrogen) atoms. The first-order valence-electron chi connectivity index (χ1n) is 6.31. The van der Waals surface area contributed by atoms with E-state index in [0.29, 0.717) is 12.5 Å². The summed E-state index contributed by atoms with van der Waals surface area (Å²) in [5.74, 6) is 0.460. The van der Waals surface area contributed by atoms with E-state index >= 15 is 0 Å². The van der Waals surface area contributed by atoms with E-state index in [1.807, 2.05) is 44.3 Å². The molecule has 0 unspecified atom stereocenters. The Bertz CT molecular complexity index is 589. The third-order valence-electron chi connectivity index (χ3n) is 2.49. The van der Waals surface area contributed by atoms with Gasteiger partial charge in [-0.05, 0) is 26.0 Å². The maximum Gasteiger partial charge on any atom is 0.189 e. The highest BCUT2D eigenvalue weighted by atomic mass is 35.5. The van der Waals surface area contributed by atoms with Crippen molar-refractivity contribution in [3.05, 3.63) is 40.4 Å². The third-order valence-corrected chi connectivity index (χ3v) is 3.77. The van der Waals surface area contributed by atoms with Crippen LogP contribution in [0.3, 0.4) is 0 Å². The Hall–Kier alpha value is -1.59. The fourth-order valence-electron chi connectivity index (χ4n) is 1.61. The zero-order valence-corrected chi connectivity index (χ0v) is 13.0. The van der Waals surface area contributed by atoms with Crippen LogP contribution in [0.15, 0.2) is 35.5 Å². The molecule has 0 bridgehead atoms. The van der Waals surface area contributed by atoms with Gasteiger partial charge in [0, 0.05) is 27.7 Å². The van der Waals surface area contributed by atoms with Crippen LogP contribution < -0.4 is 11.1 Å². The van der Waals surface area contributed by atoms with Crippen molar-refractivity contribution in [1.29, 1.82) is 0 Å². The molecule has 6 heteroatoms. The molecule has 1 heterocycles. The van der Waals surface area contributed by atoms with E-state index in [1.54, 1.807) is 11.3 Å².